The molecule has 84 valence electrons. The standard InChI is InChI=1S/C11H18N2O2/c1-3-10-9(6-13(2)12-10)11-8(7-14)4-5-15-11/h6,8,11,14H,3-5,7H2,1-2H3. The molecule has 1 saturated heterocycles. The largest absolute Gasteiger partial charge is 0.396 e. The minimum atomic E-state index is 0.0404. The van der Waals surface area contributed by atoms with Crippen LogP contribution in [0.1, 0.15) is 30.7 Å². The van der Waals surface area contributed by atoms with Gasteiger partial charge in [0.1, 0.15) is 0 Å². The topological polar surface area (TPSA) is 47.3 Å². The molecule has 15 heavy (non-hydrogen) atoms. The Kier molecular flexibility index (Phi) is 3.07. The van der Waals surface area contributed by atoms with Crippen molar-refractivity contribution >= 4 is 0 Å². The molecule has 4 nitrogen and oxygen atoms in total. The third-order valence-electron chi connectivity index (χ3n) is 3.03. The smallest absolute Gasteiger partial charge is 0.0908 e. The van der Waals surface area contributed by atoms with Crippen LogP contribution in [0.25, 0.3) is 0 Å². The van der Waals surface area contributed by atoms with E-state index >= 15 is 0 Å². The summed E-state index contributed by atoms with van der Waals surface area (Å²) in [6, 6.07) is 0. The predicted octanol–water partition coefficient (Wildman–Crippen LogP) is 1.05. The van der Waals surface area contributed by atoms with Crippen molar-refractivity contribution in [3.8, 4) is 0 Å². The van der Waals surface area contributed by atoms with Crippen LogP contribution < -0.4 is 0 Å². The molecule has 0 spiro atoms. The average molecular weight is 210 g/mol. The molecule has 0 saturated carbocycles. The molecule has 0 amide bonds. The van der Waals surface area contributed by atoms with Crippen LogP contribution in [0.5, 0.6) is 0 Å². The molecular weight excluding hydrogens is 192 g/mol. The first-order valence-electron chi connectivity index (χ1n) is 5.51. The molecule has 1 aromatic rings. The van der Waals surface area contributed by atoms with E-state index in [1.165, 1.54) is 0 Å². The van der Waals surface area contributed by atoms with Crippen LogP contribution in [0.3, 0.4) is 0 Å². The number of aromatic nitrogens is 2. The highest BCUT2D eigenvalue weighted by molar-refractivity contribution is 5.21. The fraction of sp³-hybridized carbons (Fsp3) is 0.727. The zero-order valence-electron chi connectivity index (χ0n) is 9.31. The Bertz CT molecular complexity index is 335. The lowest BCUT2D eigenvalue weighted by Gasteiger charge is -2.15. The Balaban J connectivity index is 2.27. The number of ether oxygens (including phenoxy) is 1. The zero-order chi connectivity index (χ0) is 10.8. The number of rotatable bonds is 3. The van der Waals surface area contributed by atoms with Crippen molar-refractivity contribution in [2.24, 2.45) is 13.0 Å². The van der Waals surface area contributed by atoms with Crippen molar-refractivity contribution < 1.29 is 9.84 Å². The van der Waals surface area contributed by atoms with Crippen molar-refractivity contribution in [2.75, 3.05) is 13.2 Å². The fourth-order valence-electron chi connectivity index (χ4n) is 2.23. The SMILES string of the molecule is CCc1nn(C)cc1C1OCCC1CO. The lowest BCUT2D eigenvalue weighted by Crippen LogP contribution is -2.12. The molecule has 0 aromatic carbocycles. The average Bonchev–Trinajstić information content (AvgIpc) is 2.82. The van der Waals surface area contributed by atoms with E-state index in [2.05, 4.69) is 12.0 Å². The third-order valence-corrected chi connectivity index (χ3v) is 3.03. The molecule has 2 rings (SSSR count). The van der Waals surface area contributed by atoms with Gasteiger partial charge in [-0.05, 0) is 12.8 Å². The van der Waals surface area contributed by atoms with E-state index in [4.69, 9.17) is 4.74 Å². The third kappa shape index (κ3) is 1.92. The maximum atomic E-state index is 9.26. The number of hydrogen-bond donors (Lipinski definition) is 1. The second-order valence-electron chi connectivity index (χ2n) is 4.08. The van der Waals surface area contributed by atoms with Crippen molar-refractivity contribution in [3.05, 3.63) is 17.5 Å². The number of aliphatic hydroxyl groups excluding tert-OH is 1. The van der Waals surface area contributed by atoms with Gasteiger partial charge in [-0.1, -0.05) is 6.92 Å². The molecule has 1 N–H and O–H groups in total. The number of nitrogens with zero attached hydrogens (tertiary/aromatic N) is 2. The maximum absolute atomic E-state index is 9.26. The summed E-state index contributed by atoms with van der Waals surface area (Å²) >= 11 is 0. The van der Waals surface area contributed by atoms with Gasteiger partial charge in [0.15, 0.2) is 0 Å². The molecule has 2 atom stereocenters. The Hall–Kier alpha value is -0.870. The van der Waals surface area contributed by atoms with Crippen LogP contribution in [0, 0.1) is 5.92 Å². The molecule has 2 heterocycles. The minimum Gasteiger partial charge on any atom is -0.396 e. The second kappa shape index (κ2) is 4.33. The highest BCUT2D eigenvalue weighted by Crippen LogP contribution is 2.35. The van der Waals surface area contributed by atoms with Gasteiger partial charge >= 0.3 is 0 Å². The van der Waals surface area contributed by atoms with Gasteiger partial charge in [0, 0.05) is 37.9 Å². The van der Waals surface area contributed by atoms with Gasteiger partial charge in [-0.2, -0.15) is 5.10 Å². The summed E-state index contributed by atoms with van der Waals surface area (Å²) in [7, 11) is 1.92. The van der Waals surface area contributed by atoms with Gasteiger partial charge in [-0.3, -0.25) is 4.68 Å². The van der Waals surface area contributed by atoms with E-state index < -0.39 is 0 Å². The van der Waals surface area contributed by atoms with Gasteiger partial charge in [-0.25, -0.2) is 0 Å². The monoisotopic (exact) mass is 210 g/mol. The minimum absolute atomic E-state index is 0.0404. The lowest BCUT2D eigenvalue weighted by atomic mass is 9.96. The summed E-state index contributed by atoms with van der Waals surface area (Å²) in [6.45, 7) is 3.03. The molecule has 2 unspecified atom stereocenters. The van der Waals surface area contributed by atoms with Crippen LogP contribution in [-0.4, -0.2) is 28.1 Å². The molecule has 4 heteroatoms. The Morgan fingerprint density at radius 1 is 1.67 bits per heavy atom. The summed E-state index contributed by atoms with van der Waals surface area (Å²) in [6.07, 6.45) is 3.91. The number of aryl methyl sites for hydroxylation is 2. The second-order valence-corrected chi connectivity index (χ2v) is 4.08. The van der Waals surface area contributed by atoms with Gasteiger partial charge in [0.25, 0.3) is 0 Å². The Morgan fingerprint density at radius 3 is 3.13 bits per heavy atom. The maximum Gasteiger partial charge on any atom is 0.0908 e. The van der Waals surface area contributed by atoms with E-state index in [1.54, 1.807) is 0 Å². The highest BCUT2D eigenvalue weighted by atomic mass is 16.5. The van der Waals surface area contributed by atoms with Crippen molar-refractivity contribution in [1.29, 1.82) is 0 Å². The van der Waals surface area contributed by atoms with E-state index in [9.17, 15) is 5.11 Å². The van der Waals surface area contributed by atoms with Crippen molar-refractivity contribution in [1.82, 2.24) is 9.78 Å². The number of aliphatic hydroxyl groups is 1. The molecule has 0 bridgehead atoms. The van der Waals surface area contributed by atoms with Gasteiger partial charge in [0.2, 0.25) is 0 Å². The predicted molar refractivity (Wildman–Crippen MR) is 56.5 cm³/mol. The van der Waals surface area contributed by atoms with Gasteiger partial charge in [0.05, 0.1) is 11.8 Å². The summed E-state index contributed by atoms with van der Waals surface area (Å²) in [5.74, 6) is 0.236. The zero-order valence-corrected chi connectivity index (χ0v) is 9.31. The van der Waals surface area contributed by atoms with Gasteiger partial charge in [-0.15, -0.1) is 0 Å². The summed E-state index contributed by atoms with van der Waals surface area (Å²) in [5, 5.41) is 13.7. The van der Waals surface area contributed by atoms with E-state index in [1.807, 2.05) is 17.9 Å². The fourth-order valence-corrected chi connectivity index (χ4v) is 2.23. The Labute approximate surface area is 89.9 Å². The highest BCUT2D eigenvalue weighted by Gasteiger charge is 2.31. The van der Waals surface area contributed by atoms with Crippen LogP contribution in [0.2, 0.25) is 0 Å². The van der Waals surface area contributed by atoms with Crippen LogP contribution in [-0.2, 0) is 18.2 Å². The first-order chi connectivity index (χ1) is 7.26. The molecule has 0 radical (unpaired) electrons. The molecule has 1 aromatic heterocycles. The molecule has 1 aliphatic rings. The van der Waals surface area contributed by atoms with Crippen molar-refractivity contribution in [3.63, 3.8) is 0 Å². The van der Waals surface area contributed by atoms with Crippen LogP contribution in [0.15, 0.2) is 6.20 Å². The molecule has 0 aliphatic carbocycles. The Morgan fingerprint density at radius 2 is 2.47 bits per heavy atom. The molecule has 1 aliphatic heterocycles. The lowest BCUT2D eigenvalue weighted by molar-refractivity contribution is 0.0714. The summed E-state index contributed by atoms with van der Waals surface area (Å²) in [4.78, 5) is 0. The van der Waals surface area contributed by atoms with Crippen LogP contribution in [0.4, 0.5) is 0 Å². The summed E-state index contributed by atoms with van der Waals surface area (Å²) < 4.78 is 7.51. The normalized spacial score (nSPS) is 26.1. The van der Waals surface area contributed by atoms with E-state index in [0.717, 1.165) is 30.7 Å². The number of hydrogen-bond acceptors (Lipinski definition) is 3. The van der Waals surface area contributed by atoms with Crippen molar-refractivity contribution in [2.45, 2.75) is 25.9 Å². The molecular formula is C11H18N2O2. The van der Waals surface area contributed by atoms with E-state index in [0.29, 0.717) is 0 Å². The van der Waals surface area contributed by atoms with Crippen LogP contribution >= 0.6 is 0 Å². The van der Waals surface area contributed by atoms with E-state index in [-0.39, 0.29) is 18.6 Å². The summed E-state index contributed by atoms with van der Waals surface area (Å²) in [5.41, 5.74) is 2.24. The quantitative estimate of drug-likeness (QED) is 0.811. The first-order valence-corrected chi connectivity index (χ1v) is 5.51. The molecule has 1 fully saturated rings. The van der Waals surface area contributed by atoms with Gasteiger partial charge < -0.3 is 9.84 Å². The first kappa shape index (κ1) is 10.6.